The number of nitrogens with zero attached hydrogens (tertiary/aromatic N) is 1. The second-order valence-corrected chi connectivity index (χ2v) is 5.62. The molecule has 1 N–H and O–H groups in total. The van der Waals surface area contributed by atoms with Gasteiger partial charge in [0, 0.05) is 6.07 Å². The van der Waals surface area contributed by atoms with E-state index in [4.69, 9.17) is 9.47 Å². The molecule has 1 unspecified atom stereocenters. The molecule has 1 atom stereocenters. The monoisotopic (exact) mass is 348 g/mol. The molecule has 0 saturated carbocycles. The second kappa shape index (κ2) is 4.73. The van der Waals surface area contributed by atoms with Crippen LogP contribution in [0.3, 0.4) is 0 Å². The summed E-state index contributed by atoms with van der Waals surface area (Å²) in [5.74, 6) is 1.70. The van der Waals surface area contributed by atoms with Crippen LogP contribution in [0.15, 0.2) is 40.9 Å². The number of para-hydroxylation sites is 2. The Balaban J connectivity index is 1.71. The Morgan fingerprint density at radius 3 is 2.90 bits per heavy atom. The fourth-order valence-electron chi connectivity index (χ4n) is 2.33. The molecular formula is C15H10BrFN2O2. The SMILES string of the molecule is Fc1cc2[nH]c(C3COc4ccccc4O3)nc2cc1Br. The molecule has 0 spiro atoms. The van der Waals surface area contributed by atoms with Crippen molar-refractivity contribution in [2.45, 2.75) is 6.10 Å². The van der Waals surface area contributed by atoms with E-state index in [1.54, 1.807) is 6.07 Å². The number of halogens is 2. The molecule has 0 radical (unpaired) electrons. The van der Waals surface area contributed by atoms with Crippen LogP contribution in [-0.2, 0) is 0 Å². The van der Waals surface area contributed by atoms with Crippen molar-refractivity contribution in [3.05, 3.63) is 52.5 Å². The Hall–Kier alpha value is -2.08. The van der Waals surface area contributed by atoms with Crippen molar-refractivity contribution in [1.29, 1.82) is 0 Å². The molecule has 0 bridgehead atoms. The summed E-state index contributed by atoms with van der Waals surface area (Å²) in [5.41, 5.74) is 1.31. The van der Waals surface area contributed by atoms with Crippen LogP contribution in [0.2, 0.25) is 0 Å². The Morgan fingerprint density at radius 1 is 1.24 bits per heavy atom. The van der Waals surface area contributed by atoms with E-state index in [9.17, 15) is 4.39 Å². The van der Waals surface area contributed by atoms with Gasteiger partial charge >= 0.3 is 0 Å². The van der Waals surface area contributed by atoms with Crippen molar-refractivity contribution in [2.24, 2.45) is 0 Å². The van der Waals surface area contributed by atoms with E-state index in [2.05, 4.69) is 25.9 Å². The topological polar surface area (TPSA) is 47.1 Å². The number of aromatic amines is 1. The van der Waals surface area contributed by atoms with Crippen LogP contribution in [0, 0.1) is 5.82 Å². The number of ether oxygens (including phenoxy) is 2. The van der Waals surface area contributed by atoms with Crippen LogP contribution in [0.5, 0.6) is 11.5 Å². The van der Waals surface area contributed by atoms with Crippen LogP contribution in [0.25, 0.3) is 11.0 Å². The summed E-state index contributed by atoms with van der Waals surface area (Å²) in [6.07, 6.45) is -0.339. The van der Waals surface area contributed by atoms with Crippen LogP contribution >= 0.6 is 15.9 Å². The number of hydrogen-bond donors (Lipinski definition) is 1. The Bertz CT molecular complexity index is 795. The normalized spacial score (nSPS) is 17.1. The largest absolute Gasteiger partial charge is 0.485 e. The van der Waals surface area contributed by atoms with E-state index in [-0.39, 0.29) is 11.9 Å². The third-order valence-corrected chi connectivity index (χ3v) is 3.96. The predicted molar refractivity (Wildman–Crippen MR) is 79.1 cm³/mol. The number of hydrogen-bond acceptors (Lipinski definition) is 3. The van der Waals surface area contributed by atoms with Gasteiger partial charge in [0.05, 0.1) is 15.5 Å². The quantitative estimate of drug-likeness (QED) is 0.723. The molecule has 0 aliphatic carbocycles. The molecule has 4 rings (SSSR count). The lowest BCUT2D eigenvalue weighted by Crippen LogP contribution is -2.22. The maximum Gasteiger partial charge on any atom is 0.190 e. The van der Waals surface area contributed by atoms with Gasteiger partial charge in [-0.2, -0.15) is 0 Å². The van der Waals surface area contributed by atoms with Gasteiger partial charge in [-0.15, -0.1) is 0 Å². The van der Waals surface area contributed by atoms with Crippen molar-refractivity contribution < 1.29 is 13.9 Å². The summed E-state index contributed by atoms with van der Waals surface area (Å²) in [6, 6.07) is 10.5. The average Bonchev–Trinajstić information content (AvgIpc) is 2.90. The number of nitrogens with one attached hydrogen (secondary N) is 1. The van der Waals surface area contributed by atoms with Gasteiger partial charge in [-0.25, -0.2) is 9.37 Å². The zero-order valence-electron chi connectivity index (χ0n) is 10.8. The lowest BCUT2D eigenvalue weighted by molar-refractivity contribution is 0.0859. The van der Waals surface area contributed by atoms with Crippen molar-refractivity contribution >= 4 is 27.0 Å². The first-order chi connectivity index (χ1) is 10.2. The van der Waals surface area contributed by atoms with Gasteiger partial charge in [-0.3, -0.25) is 0 Å². The molecule has 0 amide bonds. The first-order valence-corrected chi connectivity index (χ1v) is 7.23. The first kappa shape index (κ1) is 12.6. The van der Waals surface area contributed by atoms with E-state index >= 15 is 0 Å². The summed E-state index contributed by atoms with van der Waals surface area (Å²) in [5, 5.41) is 0. The van der Waals surface area contributed by atoms with Gasteiger partial charge in [0.2, 0.25) is 0 Å². The fraction of sp³-hybridized carbons (Fsp3) is 0.133. The third kappa shape index (κ3) is 2.15. The van der Waals surface area contributed by atoms with Gasteiger partial charge in [-0.05, 0) is 34.1 Å². The standard InChI is InChI=1S/C15H10BrFN2O2/c16-8-5-10-11(6-9(8)17)19-15(18-10)14-7-20-12-3-1-2-4-13(12)21-14/h1-6,14H,7H2,(H,18,19). The molecule has 2 heterocycles. The molecule has 3 aromatic rings. The molecule has 1 aliphatic heterocycles. The molecule has 1 aliphatic rings. The van der Waals surface area contributed by atoms with Crippen molar-refractivity contribution in [3.63, 3.8) is 0 Å². The summed E-state index contributed by atoms with van der Waals surface area (Å²) in [7, 11) is 0. The Labute approximate surface area is 128 Å². The molecule has 4 nitrogen and oxygen atoms in total. The van der Waals surface area contributed by atoms with Crippen LogP contribution in [0.4, 0.5) is 4.39 Å². The molecule has 6 heteroatoms. The zero-order chi connectivity index (χ0) is 14.4. The Kier molecular flexibility index (Phi) is 2.85. The molecule has 0 saturated heterocycles. The van der Waals surface area contributed by atoms with E-state index in [1.165, 1.54) is 6.07 Å². The summed E-state index contributed by atoms with van der Waals surface area (Å²) in [4.78, 5) is 7.54. The van der Waals surface area contributed by atoms with Crippen molar-refractivity contribution in [3.8, 4) is 11.5 Å². The zero-order valence-corrected chi connectivity index (χ0v) is 12.4. The van der Waals surface area contributed by atoms with Gasteiger partial charge < -0.3 is 14.5 Å². The van der Waals surface area contributed by atoms with Crippen molar-refractivity contribution in [1.82, 2.24) is 9.97 Å². The minimum atomic E-state index is -0.339. The average molecular weight is 349 g/mol. The lowest BCUT2D eigenvalue weighted by Gasteiger charge is -2.24. The Morgan fingerprint density at radius 2 is 2.05 bits per heavy atom. The smallest absolute Gasteiger partial charge is 0.190 e. The lowest BCUT2D eigenvalue weighted by atomic mass is 10.2. The number of imidazole rings is 1. The molecule has 106 valence electrons. The number of benzene rings is 2. The van der Waals surface area contributed by atoms with Crippen molar-refractivity contribution in [2.75, 3.05) is 6.61 Å². The molecule has 21 heavy (non-hydrogen) atoms. The highest BCUT2D eigenvalue weighted by atomic mass is 79.9. The fourth-order valence-corrected chi connectivity index (χ4v) is 2.66. The maximum absolute atomic E-state index is 13.5. The van der Waals surface area contributed by atoms with Gasteiger partial charge in [0.1, 0.15) is 12.4 Å². The maximum atomic E-state index is 13.5. The number of fused-ring (bicyclic) bond motifs is 2. The highest BCUT2D eigenvalue weighted by Crippen LogP contribution is 2.35. The van der Waals surface area contributed by atoms with Gasteiger partial charge in [0.15, 0.2) is 23.4 Å². The number of rotatable bonds is 1. The van der Waals surface area contributed by atoms with Crippen LogP contribution < -0.4 is 9.47 Å². The minimum absolute atomic E-state index is 0.330. The summed E-state index contributed by atoms with van der Waals surface area (Å²) < 4.78 is 25.5. The number of aromatic nitrogens is 2. The van der Waals surface area contributed by atoms with E-state index in [0.717, 1.165) is 5.75 Å². The van der Waals surface area contributed by atoms with E-state index in [0.29, 0.717) is 33.7 Å². The van der Waals surface area contributed by atoms with Gasteiger partial charge in [0.25, 0.3) is 0 Å². The molecular weight excluding hydrogens is 339 g/mol. The van der Waals surface area contributed by atoms with E-state index < -0.39 is 0 Å². The summed E-state index contributed by atoms with van der Waals surface area (Å²) >= 11 is 3.16. The molecule has 0 fully saturated rings. The highest BCUT2D eigenvalue weighted by molar-refractivity contribution is 9.10. The second-order valence-electron chi connectivity index (χ2n) is 4.77. The highest BCUT2D eigenvalue weighted by Gasteiger charge is 2.25. The number of H-pyrrole nitrogens is 1. The molecule has 2 aromatic carbocycles. The third-order valence-electron chi connectivity index (χ3n) is 3.36. The van der Waals surface area contributed by atoms with E-state index in [1.807, 2.05) is 24.3 Å². The van der Waals surface area contributed by atoms with Crippen LogP contribution in [0.1, 0.15) is 11.9 Å². The first-order valence-electron chi connectivity index (χ1n) is 6.44. The van der Waals surface area contributed by atoms with Crippen LogP contribution in [-0.4, -0.2) is 16.6 Å². The predicted octanol–water partition coefficient (Wildman–Crippen LogP) is 3.98. The molecule has 1 aromatic heterocycles. The summed E-state index contributed by atoms with van der Waals surface area (Å²) in [6.45, 7) is 0.362. The van der Waals surface area contributed by atoms with Gasteiger partial charge in [-0.1, -0.05) is 12.1 Å². The minimum Gasteiger partial charge on any atom is -0.485 e.